The van der Waals surface area contributed by atoms with Crippen molar-refractivity contribution >= 4 is 29.3 Å². The molecule has 1 N–H and O–H groups in total. The summed E-state index contributed by atoms with van der Waals surface area (Å²) in [6, 6.07) is 13.1. The molecule has 0 aliphatic rings. The number of amides is 1. The van der Waals surface area contributed by atoms with Crippen LogP contribution in [0.1, 0.15) is 11.1 Å². The van der Waals surface area contributed by atoms with Crippen LogP contribution >= 0.6 is 23.4 Å². The van der Waals surface area contributed by atoms with Crippen molar-refractivity contribution in [3.63, 3.8) is 0 Å². The van der Waals surface area contributed by atoms with Crippen LogP contribution in [0.15, 0.2) is 52.1 Å². The number of halogens is 1. The number of aryl methyl sites for hydroxylation is 2. The van der Waals surface area contributed by atoms with Crippen LogP contribution in [0, 0.1) is 13.8 Å². The number of carbonyl (C=O) groups is 1. The van der Waals surface area contributed by atoms with Crippen LogP contribution in [0.2, 0.25) is 5.02 Å². The van der Waals surface area contributed by atoms with Gasteiger partial charge in [0.2, 0.25) is 11.8 Å². The summed E-state index contributed by atoms with van der Waals surface area (Å²) in [4.78, 5) is 12.0. The van der Waals surface area contributed by atoms with Gasteiger partial charge in [0.25, 0.3) is 5.22 Å². The number of ether oxygens (including phenoxy) is 1. The summed E-state index contributed by atoms with van der Waals surface area (Å²) < 4.78 is 11.3. The molecular formula is C20H20ClN3O3S. The Kier molecular flexibility index (Phi) is 6.95. The second-order valence-corrected chi connectivity index (χ2v) is 7.50. The van der Waals surface area contributed by atoms with Gasteiger partial charge < -0.3 is 14.5 Å². The van der Waals surface area contributed by atoms with Crippen molar-refractivity contribution in [3.8, 4) is 17.2 Å². The van der Waals surface area contributed by atoms with Crippen molar-refractivity contribution < 1.29 is 13.9 Å². The average molecular weight is 418 g/mol. The highest BCUT2D eigenvalue weighted by Crippen LogP contribution is 2.24. The average Bonchev–Trinajstić information content (AvgIpc) is 3.14. The maximum absolute atomic E-state index is 12.0. The highest BCUT2D eigenvalue weighted by atomic mass is 35.5. The molecule has 1 amide bonds. The lowest BCUT2D eigenvalue weighted by Crippen LogP contribution is -2.29. The second-order valence-electron chi connectivity index (χ2n) is 6.14. The monoisotopic (exact) mass is 417 g/mol. The predicted octanol–water partition coefficient (Wildman–Crippen LogP) is 4.29. The number of carbonyl (C=O) groups excluding carboxylic acids is 1. The number of nitrogens with one attached hydrogen (secondary N) is 1. The van der Waals surface area contributed by atoms with E-state index in [0.717, 1.165) is 16.9 Å². The zero-order valence-electron chi connectivity index (χ0n) is 15.6. The smallest absolute Gasteiger partial charge is 0.277 e. The third-order valence-corrected chi connectivity index (χ3v) is 4.91. The Morgan fingerprint density at radius 1 is 1.18 bits per heavy atom. The summed E-state index contributed by atoms with van der Waals surface area (Å²) in [5, 5.41) is 11.7. The SMILES string of the molecule is Cc1ccc(OCCNC(=O)CSc2nnc(-c3ccc(Cl)cc3)o2)c(C)c1. The molecule has 0 saturated carbocycles. The van der Waals surface area contributed by atoms with Gasteiger partial charge in [-0.25, -0.2) is 0 Å². The van der Waals surface area contributed by atoms with Gasteiger partial charge in [0.05, 0.1) is 12.3 Å². The Labute approximate surface area is 172 Å². The van der Waals surface area contributed by atoms with Crippen molar-refractivity contribution in [2.75, 3.05) is 18.9 Å². The summed E-state index contributed by atoms with van der Waals surface area (Å²) in [5.41, 5.74) is 3.04. The lowest BCUT2D eigenvalue weighted by atomic mass is 10.1. The van der Waals surface area contributed by atoms with Gasteiger partial charge in [-0.05, 0) is 49.7 Å². The molecule has 0 aliphatic heterocycles. The number of benzene rings is 2. The first-order valence-electron chi connectivity index (χ1n) is 8.70. The van der Waals surface area contributed by atoms with Crippen molar-refractivity contribution in [3.05, 3.63) is 58.6 Å². The highest BCUT2D eigenvalue weighted by Gasteiger charge is 2.11. The van der Waals surface area contributed by atoms with Crippen LogP contribution in [-0.2, 0) is 4.79 Å². The van der Waals surface area contributed by atoms with E-state index < -0.39 is 0 Å². The van der Waals surface area contributed by atoms with Crippen LogP contribution in [0.4, 0.5) is 0 Å². The largest absolute Gasteiger partial charge is 0.491 e. The molecule has 0 atom stereocenters. The van der Waals surface area contributed by atoms with E-state index in [1.54, 1.807) is 24.3 Å². The quantitative estimate of drug-likeness (QED) is 0.435. The normalized spacial score (nSPS) is 10.7. The van der Waals surface area contributed by atoms with Gasteiger partial charge in [-0.3, -0.25) is 4.79 Å². The minimum Gasteiger partial charge on any atom is -0.491 e. The molecule has 3 aromatic rings. The summed E-state index contributed by atoms with van der Waals surface area (Å²) in [7, 11) is 0. The molecule has 0 unspecified atom stereocenters. The Balaban J connectivity index is 1.39. The Hall–Kier alpha value is -2.51. The summed E-state index contributed by atoms with van der Waals surface area (Å²) in [5.74, 6) is 1.28. The maximum Gasteiger partial charge on any atom is 0.277 e. The molecule has 2 aromatic carbocycles. The van der Waals surface area contributed by atoms with Crippen LogP contribution in [0.25, 0.3) is 11.5 Å². The summed E-state index contributed by atoms with van der Waals surface area (Å²) in [6.07, 6.45) is 0. The predicted molar refractivity (Wildman–Crippen MR) is 110 cm³/mol. The van der Waals surface area contributed by atoms with Gasteiger partial charge in [0, 0.05) is 10.6 Å². The maximum atomic E-state index is 12.0. The van der Waals surface area contributed by atoms with Crippen LogP contribution in [-0.4, -0.2) is 35.0 Å². The molecule has 28 heavy (non-hydrogen) atoms. The van der Waals surface area contributed by atoms with E-state index in [9.17, 15) is 4.79 Å². The van der Waals surface area contributed by atoms with Gasteiger partial charge in [0.15, 0.2) is 0 Å². The number of hydrogen-bond donors (Lipinski definition) is 1. The van der Waals surface area contributed by atoms with Crippen LogP contribution in [0.3, 0.4) is 0 Å². The van der Waals surface area contributed by atoms with Gasteiger partial charge in [-0.2, -0.15) is 0 Å². The molecule has 3 rings (SSSR count). The molecule has 0 spiro atoms. The minimum absolute atomic E-state index is 0.125. The molecule has 8 heteroatoms. The topological polar surface area (TPSA) is 77.2 Å². The number of hydrogen-bond acceptors (Lipinski definition) is 6. The Morgan fingerprint density at radius 3 is 2.71 bits per heavy atom. The first-order chi connectivity index (χ1) is 13.5. The third kappa shape index (κ3) is 5.74. The Morgan fingerprint density at radius 2 is 1.96 bits per heavy atom. The van der Waals surface area contributed by atoms with Crippen molar-refractivity contribution in [1.29, 1.82) is 0 Å². The number of aromatic nitrogens is 2. The third-order valence-electron chi connectivity index (χ3n) is 3.84. The fraction of sp³-hybridized carbons (Fsp3) is 0.250. The minimum atomic E-state index is -0.125. The molecule has 1 heterocycles. The summed E-state index contributed by atoms with van der Waals surface area (Å²) >= 11 is 7.05. The molecule has 0 fully saturated rings. The van der Waals surface area contributed by atoms with E-state index in [0.29, 0.717) is 29.3 Å². The fourth-order valence-electron chi connectivity index (χ4n) is 2.47. The van der Waals surface area contributed by atoms with E-state index >= 15 is 0 Å². The molecule has 1 aromatic heterocycles. The molecule has 0 saturated heterocycles. The molecule has 0 bridgehead atoms. The van der Waals surface area contributed by atoms with E-state index in [4.69, 9.17) is 20.8 Å². The lowest BCUT2D eigenvalue weighted by Gasteiger charge is -2.10. The summed E-state index contributed by atoms with van der Waals surface area (Å²) in [6.45, 7) is 4.87. The number of nitrogens with zero attached hydrogens (tertiary/aromatic N) is 2. The number of rotatable bonds is 8. The standard InChI is InChI=1S/C20H20ClN3O3S/c1-13-3-8-17(14(2)11-13)26-10-9-22-18(25)12-28-20-24-23-19(27-20)15-4-6-16(21)7-5-15/h3-8,11H,9-10,12H2,1-2H3,(H,22,25). The van der Waals surface area contributed by atoms with Gasteiger partial charge in [-0.15, -0.1) is 10.2 Å². The lowest BCUT2D eigenvalue weighted by molar-refractivity contribution is -0.118. The van der Waals surface area contributed by atoms with Crippen LogP contribution in [0.5, 0.6) is 5.75 Å². The van der Waals surface area contributed by atoms with Crippen molar-refractivity contribution in [2.24, 2.45) is 0 Å². The Bertz CT molecular complexity index is 944. The first-order valence-corrected chi connectivity index (χ1v) is 10.1. The molecular weight excluding hydrogens is 398 g/mol. The van der Waals surface area contributed by atoms with E-state index in [2.05, 4.69) is 21.6 Å². The van der Waals surface area contributed by atoms with E-state index in [1.807, 2.05) is 26.0 Å². The van der Waals surface area contributed by atoms with Gasteiger partial charge in [0.1, 0.15) is 12.4 Å². The number of thioether (sulfide) groups is 1. The zero-order chi connectivity index (χ0) is 19.9. The van der Waals surface area contributed by atoms with Crippen LogP contribution < -0.4 is 10.1 Å². The molecule has 6 nitrogen and oxygen atoms in total. The second kappa shape index (κ2) is 9.61. The van der Waals surface area contributed by atoms with Gasteiger partial charge >= 0.3 is 0 Å². The molecule has 146 valence electrons. The van der Waals surface area contributed by atoms with E-state index in [1.165, 1.54) is 17.3 Å². The van der Waals surface area contributed by atoms with E-state index in [-0.39, 0.29) is 11.7 Å². The molecule has 0 radical (unpaired) electrons. The first kappa shape index (κ1) is 20.2. The molecule has 0 aliphatic carbocycles. The van der Waals surface area contributed by atoms with Crippen molar-refractivity contribution in [1.82, 2.24) is 15.5 Å². The fourth-order valence-corrected chi connectivity index (χ4v) is 3.19. The highest BCUT2D eigenvalue weighted by molar-refractivity contribution is 7.99. The van der Waals surface area contributed by atoms with Crippen molar-refractivity contribution in [2.45, 2.75) is 19.1 Å². The van der Waals surface area contributed by atoms with Gasteiger partial charge in [-0.1, -0.05) is 41.1 Å². The zero-order valence-corrected chi connectivity index (χ0v) is 17.1.